The van der Waals surface area contributed by atoms with Gasteiger partial charge < -0.3 is 62.2 Å². The molecule has 4 fully saturated rings. The number of aliphatic imine (C=N–C) groups is 1. The first kappa shape index (κ1) is 23.4. The molecule has 4 heterocycles. The van der Waals surface area contributed by atoms with Gasteiger partial charge in [-0.25, -0.2) is 4.99 Å². The number of hydrogen-bond donors (Lipinski definition) is 10. The number of thioether (sulfide) groups is 1. The van der Waals surface area contributed by atoms with Crippen LogP contribution in [0.3, 0.4) is 0 Å². The molecule has 4 bridgehead atoms. The van der Waals surface area contributed by atoms with Crippen LogP contribution in [0.5, 0.6) is 0 Å². The maximum absolute atomic E-state index is 12.0. The number of nitrogens with one attached hydrogen (secondary N) is 2. The summed E-state index contributed by atoms with van der Waals surface area (Å²) in [6, 6.07) is -1.14. The number of aliphatic hydroxyl groups is 5. The van der Waals surface area contributed by atoms with Gasteiger partial charge in [-0.15, -0.1) is 11.8 Å². The lowest BCUT2D eigenvalue weighted by Gasteiger charge is -2.71. The highest BCUT2D eigenvalue weighted by molar-refractivity contribution is 8.00. The van der Waals surface area contributed by atoms with E-state index in [-0.39, 0.29) is 11.7 Å². The van der Waals surface area contributed by atoms with Crippen LogP contribution < -0.4 is 22.1 Å². The zero-order chi connectivity index (χ0) is 23.6. The van der Waals surface area contributed by atoms with Crippen LogP contribution in [0, 0.1) is 5.92 Å². The quantitative estimate of drug-likeness (QED) is 0.163. The van der Waals surface area contributed by atoms with Gasteiger partial charge in [-0.2, -0.15) is 0 Å². The average molecular weight is 479 g/mol. The van der Waals surface area contributed by atoms with E-state index in [1.807, 2.05) is 0 Å². The predicted octanol–water partition coefficient (Wildman–Crippen LogP) is -6.25. The first-order valence-corrected chi connectivity index (χ1v) is 10.7. The van der Waals surface area contributed by atoms with E-state index in [1.165, 1.54) is 0 Å². The van der Waals surface area contributed by atoms with Gasteiger partial charge in [-0.05, 0) is 0 Å². The van der Waals surface area contributed by atoms with Crippen molar-refractivity contribution in [1.29, 1.82) is 0 Å². The number of carboxylic acids is 1. The molecule has 15 nitrogen and oxygen atoms in total. The van der Waals surface area contributed by atoms with Gasteiger partial charge >= 0.3 is 11.9 Å². The largest absolute Gasteiger partial charge is 0.480 e. The molecule has 1 spiro atoms. The second-order valence-electron chi connectivity index (χ2n) is 8.24. The van der Waals surface area contributed by atoms with Crippen molar-refractivity contribution in [2.45, 2.75) is 52.9 Å². The van der Waals surface area contributed by atoms with Crippen molar-refractivity contribution in [1.82, 2.24) is 10.6 Å². The fraction of sp³-hybridized carbons (Fsp3) is 0.812. The Kier molecular flexibility index (Phi) is 5.59. The summed E-state index contributed by atoms with van der Waals surface area (Å²) in [5.74, 6) is -5.89. The van der Waals surface area contributed by atoms with Crippen LogP contribution in [-0.2, 0) is 19.1 Å². The zero-order valence-corrected chi connectivity index (χ0v) is 17.3. The third-order valence-corrected chi connectivity index (χ3v) is 7.69. The van der Waals surface area contributed by atoms with Gasteiger partial charge in [0.25, 0.3) is 0 Å². The second-order valence-corrected chi connectivity index (χ2v) is 9.39. The Morgan fingerprint density at radius 3 is 2.56 bits per heavy atom. The van der Waals surface area contributed by atoms with Crippen molar-refractivity contribution in [3.8, 4) is 0 Å². The number of amides is 1. The third-order valence-electron chi connectivity index (χ3n) is 6.40. The number of carboxylic acid groups (broad SMARTS) is 1. The van der Waals surface area contributed by atoms with Crippen LogP contribution in [0.1, 0.15) is 0 Å². The Labute approximate surface area is 184 Å². The summed E-state index contributed by atoms with van der Waals surface area (Å²) in [6.07, 6.45) is -6.40. The third kappa shape index (κ3) is 3.10. The molecular weight excluding hydrogens is 454 g/mol. The number of nitrogens with zero attached hydrogens (tertiary/aromatic N) is 1. The Balaban J connectivity index is 1.63. The van der Waals surface area contributed by atoms with E-state index in [9.17, 15) is 35.1 Å². The molecule has 5 aliphatic rings. The van der Waals surface area contributed by atoms with Gasteiger partial charge in [-0.3, -0.25) is 9.59 Å². The van der Waals surface area contributed by atoms with E-state index in [1.54, 1.807) is 0 Å². The molecule has 0 radical (unpaired) electrons. The molecule has 180 valence electrons. The highest BCUT2D eigenvalue weighted by Crippen LogP contribution is 2.59. The summed E-state index contributed by atoms with van der Waals surface area (Å²) >= 11 is 0.981. The Morgan fingerprint density at radius 1 is 1.28 bits per heavy atom. The fourth-order valence-corrected chi connectivity index (χ4v) is 6.25. The summed E-state index contributed by atoms with van der Waals surface area (Å²) in [6.45, 7) is -1.51. The van der Waals surface area contributed by atoms with Crippen molar-refractivity contribution >= 4 is 29.6 Å². The lowest BCUT2D eigenvalue weighted by molar-refractivity contribution is -0.545. The Hall–Kier alpha value is -1.76. The molecule has 16 heteroatoms. The molecule has 3 saturated heterocycles. The van der Waals surface area contributed by atoms with Gasteiger partial charge in [-0.1, -0.05) is 0 Å². The first-order valence-electron chi connectivity index (χ1n) is 9.66. The molecule has 0 aromatic carbocycles. The minimum atomic E-state index is -2.58. The van der Waals surface area contributed by atoms with Crippen LogP contribution in [0.15, 0.2) is 4.99 Å². The number of aliphatic carboxylic acids is 1. The molecular formula is C16H25N5O10S. The molecule has 0 aromatic heterocycles. The Bertz CT molecular complexity index is 850. The molecule has 0 unspecified atom stereocenters. The second kappa shape index (κ2) is 7.64. The maximum atomic E-state index is 12.0. The van der Waals surface area contributed by atoms with Crippen molar-refractivity contribution in [3.05, 3.63) is 0 Å². The molecule has 12 N–H and O–H groups in total. The van der Waals surface area contributed by atoms with Crippen molar-refractivity contribution in [2.24, 2.45) is 22.4 Å². The molecule has 1 saturated carbocycles. The Morgan fingerprint density at radius 2 is 1.94 bits per heavy atom. The molecule has 0 aromatic rings. The number of hydrogen-bond acceptors (Lipinski definition) is 14. The van der Waals surface area contributed by atoms with Crippen molar-refractivity contribution < 1.29 is 49.7 Å². The van der Waals surface area contributed by atoms with E-state index in [4.69, 9.17) is 26.0 Å². The van der Waals surface area contributed by atoms with Crippen LogP contribution in [0.4, 0.5) is 0 Å². The number of carbonyl (C=O) groups is 2. The SMILES string of the molecule is NC1=N[C@H](SC[C@H](N)C(=O)NCC(=O)O)[C@H]2[C@H]3O[C@]4(O)O[C@@H]([C@@H](O)[C@@]2(N1)[C@@H]4O)[C@]3(O)CO. The van der Waals surface area contributed by atoms with E-state index >= 15 is 0 Å². The van der Waals surface area contributed by atoms with Crippen LogP contribution in [-0.4, -0.2) is 120 Å². The lowest BCUT2D eigenvalue weighted by Crippen LogP contribution is -2.95. The molecule has 4 aliphatic heterocycles. The number of ether oxygens (including phenoxy) is 2. The normalized spacial score (nSPS) is 47.2. The molecule has 1 amide bonds. The standard InChI is InChI=1S/C16H25N5O10S/c17-4(10(26)19-1-5(23)24)2-32-11-6-8-14(28,3-22)9-7(25)15(6,21-13(18)20-11)12(27)16(29,30-8)31-9/h4,6-9,11-12,22,25,27-29H,1-3,17H2,(H,19,26)(H,23,24)(H3,18,20,21)/t4-,6+,7+,8+,9-,11+,12-,14-,15+,16-/m0/s1. The number of carbonyl (C=O) groups excluding carboxylic acids is 1. The monoisotopic (exact) mass is 479 g/mol. The number of aliphatic hydroxyl groups excluding tert-OH is 3. The van der Waals surface area contributed by atoms with E-state index in [0.29, 0.717) is 0 Å². The highest BCUT2D eigenvalue weighted by Gasteiger charge is 2.82. The average Bonchev–Trinajstić information content (AvgIpc) is 2.74. The minimum absolute atomic E-state index is 0.0832. The molecule has 32 heavy (non-hydrogen) atoms. The maximum Gasteiger partial charge on any atom is 0.322 e. The number of rotatable bonds is 7. The fourth-order valence-electron chi connectivity index (χ4n) is 4.93. The van der Waals surface area contributed by atoms with Gasteiger partial charge in [0.15, 0.2) is 12.1 Å². The molecule has 5 rings (SSSR count). The van der Waals surface area contributed by atoms with E-state index in [0.717, 1.165) is 11.8 Å². The number of guanidine groups is 1. The summed E-state index contributed by atoms with van der Waals surface area (Å²) < 4.78 is 10.7. The minimum Gasteiger partial charge on any atom is -0.480 e. The smallest absolute Gasteiger partial charge is 0.322 e. The van der Waals surface area contributed by atoms with Crippen molar-refractivity contribution in [2.75, 3.05) is 18.9 Å². The van der Waals surface area contributed by atoms with Crippen LogP contribution in [0.25, 0.3) is 0 Å². The molecule has 1 aliphatic carbocycles. The highest BCUT2D eigenvalue weighted by atomic mass is 32.2. The van der Waals surface area contributed by atoms with Crippen LogP contribution in [0.2, 0.25) is 0 Å². The van der Waals surface area contributed by atoms with Gasteiger partial charge in [0.2, 0.25) is 5.91 Å². The van der Waals surface area contributed by atoms with Crippen LogP contribution >= 0.6 is 11.8 Å². The topological polar surface area (TPSA) is 262 Å². The van der Waals surface area contributed by atoms with Gasteiger partial charge in [0.05, 0.1) is 12.6 Å². The van der Waals surface area contributed by atoms with E-state index in [2.05, 4.69) is 15.6 Å². The predicted molar refractivity (Wildman–Crippen MR) is 105 cm³/mol. The first-order chi connectivity index (χ1) is 14.9. The van der Waals surface area contributed by atoms with E-state index < -0.39 is 83.9 Å². The summed E-state index contributed by atoms with van der Waals surface area (Å²) in [4.78, 5) is 26.8. The van der Waals surface area contributed by atoms with Gasteiger partial charge in [0.1, 0.15) is 41.4 Å². The van der Waals surface area contributed by atoms with Gasteiger partial charge in [0, 0.05) is 11.7 Å². The summed E-state index contributed by atoms with van der Waals surface area (Å²) in [7, 11) is 0. The zero-order valence-electron chi connectivity index (χ0n) is 16.5. The summed E-state index contributed by atoms with van der Waals surface area (Å²) in [5.41, 5.74) is 7.80. The lowest BCUT2D eigenvalue weighted by atomic mass is 9.55. The number of nitrogens with two attached hydrogens (primary N) is 2. The summed E-state index contributed by atoms with van der Waals surface area (Å²) in [5, 5.41) is 66.1. The van der Waals surface area contributed by atoms with Crippen molar-refractivity contribution in [3.63, 3.8) is 0 Å². The molecule has 10 atom stereocenters.